The smallest absolute Gasteiger partial charge is 0.410 e. The molecule has 0 aromatic heterocycles. The number of carbonyl (C=O) groups is 1. The minimum Gasteiger partial charge on any atom is -0.448 e. The highest BCUT2D eigenvalue weighted by atomic mass is 19.1. The Hall–Kier alpha value is -3.25. The maximum Gasteiger partial charge on any atom is 0.410 e. The highest BCUT2D eigenvalue weighted by Gasteiger charge is 2.48. The molecule has 3 aromatic carbocycles. The predicted octanol–water partition coefficient (Wildman–Crippen LogP) is 6.20. The molecule has 0 saturated carbocycles. The van der Waals surface area contributed by atoms with Crippen molar-refractivity contribution in [3.05, 3.63) is 95.1 Å². The van der Waals surface area contributed by atoms with Gasteiger partial charge in [0, 0.05) is 30.0 Å². The maximum atomic E-state index is 14.3. The topological polar surface area (TPSA) is 49.8 Å². The lowest BCUT2D eigenvalue weighted by atomic mass is 9.73. The van der Waals surface area contributed by atoms with Gasteiger partial charge in [0.15, 0.2) is 0 Å². The number of rotatable bonds is 4. The molecule has 3 aromatic rings. The Morgan fingerprint density at radius 1 is 0.889 bits per heavy atom. The Balaban J connectivity index is 1.18. The predicted molar refractivity (Wildman–Crippen MR) is 133 cm³/mol. The van der Waals surface area contributed by atoms with E-state index in [9.17, 15) is 18.7 Å². The second kappa shape index (κ2) is 9.00. The number of hydrogen-bond donors (Lipinski definition) is 1. The van der Waals surface area contributed by atoms with Crippen LogP contribution >= 0.6 is 0 Å². The minimum atomic E-state index is -1.26. The van der Waals surface area contributed by atoms with E-state index in [-0.39, 0.29) is 55.5 Å². The summed E-state index contributed by atoms with van der Waals surface area (Å²) in [4.78, 5) is 15.2. The molecule has 4 nitrogen and oxygen atoms in total. The van der Waals surface area contributed by atoms with E-state index < -0.39 is 17.2 Å². The molecule has 6 heteroatoms. The zero-order valence-corrected chi connectivity index (χ0v) is 20.0. The van der Waals surface area contributed by atoms with Gasteiger partial charge in [-0.15, -0.1) is 0 Å². The highest BCUT2D eigenvalue weighted by molar-refractivity contribution is 5.79. The van der Waals surface area contributed by atoms with Crippen LogP contribution in [0, 0.1) is 11.6 Å². The normalized spacial score (nSPS) is 24.8. The molecule has 1 aliphatic carbocycles. The Morgan fingerprint density at radius 2 is 1.44 bits per heavy atom. The van der Waals surface area contributed by atoms with Crippen molar-refractivity contribution in [2.75, 3.05) is 6.61 Å². The molecule has 0 radical (unpaired) electrons. The third-order valence-corrected chi connectivity index (χ3v) is 8.21. The lowest BCUT2D eigenvalue weighted by Crippen LogP contribution is -2.60. The lowest BCUT2D eigenvalue weighted by Gasteiger charge is -2.51. The average Bonchev–Trinajstić information content (AvgIpc) is 3.18. The first-order valence-electron chi connectivity index (χ1n) is 12.7. The number of benzene rings is 3. The van der Waals surface area contributed by atoms with Crippen molar-refractivity contribution in [3.63, 3.8) is 0 Å². The molecule has 2 saturated heterocycles. The van der Waals surface area contributed by atoms with Crippen molar-refractivity contribution in [2.24, 2.45) is 0 Å². The summed E-state index contributed by atoms with van der Waals surface area (Å²) in [5.41, 5.74) is 3.31. The summed E-state index contributed by atoms with van der Waals surface area (Å²) in [7, 11) is 0. The van der Waals surface area contributed by atoms with Crippen LogP contribution in [0.2, 0.25) is 0 Å². The molecule has 36 heavy (non-hydrogen) atoms. The van der Waals surface area contributed by atoms with Crippen molar-refractivity contribution < 1.29 is 23.4 Å². The van der Waals surface area contributed by atoms with Crippen LogP contribution in [0.3, 0.4) is 0 Å². The Morgan fingerprint density at radius 3 is 2.03 bits per heavy atom. The molecule has 3 aliphatic rings. The van der Waals surface area contributed by atoms with Crippen molar-refractivity contribution in [1.29, 1.82) is 0 Å². The van der Waals surface area contributed by atoms with Crippen LogP contribution in [0.25, 0.3) is 11.1 Å². The fraction of sp³-hybridized carbons (Fsp3) is 0.367. The number of aliphatic hydroxyl groups is 1. The summed E-state index contributed by atoms with van der Waals surface area (Å²) in [6, 6.07) is 19.8. The molecule has 1 N–H and O–H groups in total. The number of carbonyl (C=O) groups excluding carboxylic acids is 1. The van der Waals surface area contributed by atoms with E-state index >= 15 is 0 Å². The van der Waals surface area contributed by atoms with Gasteiger partial charge in [0.2, 0.25) is 0 Å². The summed E-state index contributed by atoms with van der Waals surface area (Å²) in [5, 5.41) is 11.4. The molecule has 186 valence electrons. The molecule has 2 aliphatic heterocycles. The van der Waals surface area contributed by atoms with Gasteiger partial charge in [-0.2, -0.15) is 0 Å². The number of piperidine rings is 2. The highest BCUT2D eigenvalue weighted by Crippen LogP contribution is 2.45. The molecule has 2 heterocycles. The number of hydrogen-bond acceptors (Lipinski definition) is 3. The Bertz CT molecular complexity index is 1230. The first kappa shape index (κ1) is 23.2. The number of amides is 1. The summed E-state index contributed by atoms with van der Waals surface area (Å²) in [5.74, 6) is -1.31. The first-order valence-corrected chi connectivity index (χ1v) is 12.7. The summed E-state index contributed by atoms with van der Waals surface area (Å²) in [6.45, 7) is 0.244. The molecule has 0 spiro atoms. The van der Waals surface area contributed by atoms with Crippen molar-refractivity contribution in [3.8, 4) is 11.1 Å². The van der Waals surface area contributed by atoms with Crippen LogP contribution in [-0.2, 0) is 11.2 Å². The number of nitrogens with zero attached hydrogens (tertiary/aromatic N) is 1. The van der Waals surface area contributed by atoms with Crippen molar-refractivity contribution in [1.82, 2.24) is 4.90 Å². The van der Waals surface area contributed by atoms with Crippen molar-refractivity contribution in [2.45, 2.75) is 62.1 Å². The molecule has 2 fully saturated rings. The van der Waals surface area contributed by atoms with Gasteiger partial charge in [-0.1, -0.05) is 54.6 Å². The standard InChI is InChI=1S/C30H29F2NO3/c31-27-13-6-14-28(32)25(27)17-30(35)15-19-7-5-8-20(16-30)33(19)29(34)36-18-26-23-11-3-1-9-21(23)22-10-2-4-12-24(22)26/h1-4,6,9-14,19-20,26,35H,5,7-8,15-18H2. The van der Waals surface area contributed by atoms with Crippen LogP contribution in [0.5, 0.6) is 0 Å². The first-order chi connectivity index (χ1) is 17.4. The van der Waals surface area contributed by atoms with Crippen LogP contribution in [-0.4, -0.2) is 40.4 Å². The van der Waals surface area contributed by atoms with E-state index in [2.05, 4.69) is 24.3 Å². The second-order valence-electron chi connectivity index (χ2n) is 10.5. The lowest BCUT2D eigenvalue weighted by molar-refractivity contribution is -0.0847. The number of ether oxygens (including phenoxy) is 1. The quantitative estimate of drug-likeness (QED) is 0.474. The molecule has 1 amide bonds. The van der Waals surface area contributed by atoms with E-state index in [0.717, 1.165) is 30.4 Å². The van der Waals surface area contributed by atoms with Gasteiger partial charge >= 0.3 is 6.09 Å². The van der Waals surface area contributed by atoms with Gasteiger partial charge < -0.3 is 14.7 Å². The van der Waals surface area contributed by atoms with Gasteiger partial charge in [0.1, 0.15) is 18.2 Å². The molecule has 2 unspecified atom stereocenters. The van der Waals surface area contributed by atoms with E-state index in [1.165, 1.54) is 29.3 Å². The molecule has 2 bridgehead atoms. The summed E-state index contributed by atoms with van der Waals surface area (Å²) in [6.07, 6.45) is 2.52. The SMILES string of the molecule is O=C(OCC1c2ccccc2-c2ccccc21)N1C2CCCC1CC(O)(Cc1c(F)cccc1F)C2. The zero-order valence-electron chi connectivity index (χ0n) is 20.0. The van der Waals surface area contributed by atoms with E-state index in [0.29, 0.717) is 0 Å². The fourth-order valence-electron chi connectivity index (χ4n) is 6.67. The summed E-state index contributed by atoms with van der Waals surface area (Å²) < 4.78 is 34.5. The van der Waals surface area contributed by atoms with Crippen LogP contribution in [0.15, 0.2) is 66.7 Å². The van der Waals surface area contributed by atoms with Gasteiger partial charge in [-0.05, 0) is 66.5 Å². The van der Waals surface area contributed by atoms with Crippen molar-refractivity contribution >= 4 is 6.09 Å². The fourth-order valence-corrected chi connectivity index (χ4v) is 6.67. The summed E-state index contributed by atoms with van der Waals surface area (Å²) >= 11 is 0. The zero-order chi connectivity index (χ0) is 24.9. The number of halogens is 2. The van der Waals surface area contributed by atoms with Gasteiger partial charge in [-0.3, -0.25) is 0 Å². The van der Waals surface area contributed by atoms with E-state index in [4.69, 9.17) is 4.74 Å². The van der Waals surface area contributed by atoms with E-state index in [1.54, 1.807) is 4.90 Å². The molecular formula is C30H29F2NO3. The largest absolute Gasteiger partial charge is 0.448 e. The second-order valence-corrected chi connectivity index (χ2v) is 10.5. The van der Waals surface area contributed by atoms with Crippen LogP contribution in [0.1, 0.15) is 54.7 Å². The third-order valence-electron chi connectivity index (χ3n) is 8.21. The van der Waals surface area contributed by atoms with Crippen LogP contribution < -0.4 is 0 Å². The Labute approximate surface area is 209 Å². The molecule has 6 rings (SSSR count). The third kappa shape index (κ3) is 3.97. The average molecular weight is 490 g/mol. The Kier molecular flexibility index (Phi) is 5.79. The minimum absolute atomic E-state index is 0.0213. The molecule has 2 atom stereocenters. The van der Waals surface area contributed by atoms with Gasteiger partial charge in [0.25, 0.3) is 0 Å². The van der Waals surface area contributed by atoms with Gasteiger partial charge in [0.05, 0.1) is 5.60 Å². The van der Waals surface area contributed by atoms with Gasteiger partial charge in [-0.25, -0.2) is 13.6 Å². The van der Waals surface area contributed by atoms with E-state index in [1.807, 2.05) is 24.3 Å². The van der Waals surface area contributed by atoms with Crippen LogP contribution in [0.4, 0.5) is 13.6 Å². The maximum absolute atomic E-state index is 14.3. The number of fused-ring (bicyclic) bond motifs is 5. The monoisotopic (exact) mass is 489 g/mol. The molecular weight excluding hydrogens is 460 g/mol.